The van der Waals surface area contributed by atoms with Crippen LogP contribution in [-0.4, -0.2) is 34.0 Å². The van der Waals surface area contributed by atoms with Crippen molar-refractivity contribution in [3.8, 4) is 11.5 Å². The lowest BCUT2D eigenvalue weighted by Crippen LogP contribution is -2.47. The largest absolute Gasteiger partial charge is 0.504 e. The van der Waals surface area contributed by atoms with Crippen molar-refractivity contribution in [1.29, 1.82) is 0 Å². The van der Waals surface area contributed by atoms with Gasteiger partial charge in [0.05, 0.1) is 5.60 Å². The van der Waals surface area contributed by atoms with Crippen molar-refractivity contribution in [2.24, 2.45) is 0 Å². The number of aromatic hydroxyl groups is 2. The van der Waals surface area contributed by atoms with Crippen LogP contribution in [0.3, 0.4) is 0 Å². The second-order valence-electron chi connectivity index (χ2n) is 4.50. The fourth-order valence-electron chi connectivity index (χ4n) is 2.16. The molecule has 1 unspecified atom stereocenters. The van der Waals surface area contributed by atoms with E-state index in [9.17, 15) is 15.3 Å². The monoisotopic (exact) mass is 223 g/mol. The minimum absolute atomic E-state index is 0.127. The normalized spacial score (nSPS) is 25.6. The van der Waals surface area contributed by atoms with Gasteiger partial charge in [0.15, 0.2) is 11.5 Å². The highest BCUT2D eigenvalue weighted by atomic mass is 16.3. The molecule has 1 fully saturated rings. The molecule has 1 atom stereocenters. The van der Waals surface area contributed by atoms with E-state index < -0.39 is 5.60 Å². The molecule has 0 aromatic heterocycles. The van der Waals surface area contributed by atoms with Gasteiger partial charge in [-0.25, -0.2) is 0 Å². The summed E-state index contributed by atoms with van der Waals surface area (Å²) in [7, 11) is 0. The highest BCUT2D eigenvalue weighted by Crippen LogP contribution is 2.28. The number of hydrogen-bond donors (Lipinski definition) is 4. The summed E-state index contributed by atoms with van der Waals surface area (Å²) in [5, 5.41) is 32.0. The molecule has 16 heavy (non-hydrogen) atoms. The summed E-state index contributed by atoms with van der Waals surface area (Å²) in [6.45, 7) is 1.53. The van der Waals surface area contributed by atoms with Crippen molar-refractivity contribution in [1.82, 2.24) is 5.32 Å². The lowest BCUT2D eigenvalue weighted by atomic mass is 9.87. The third-order valence-corrected chi connectivity index (χ3v) is 3.02. The van der Waals surface area contributed by atoms with E-state index in [1.807, 2.05) is 0 Å². The van der Waals surface area contributed by atoms with Crippen molar-refractivity contribution < 1.29 is 15.3 Å². The second-order valence-corrected chi connectivity index (χ2v) is 4.50. The fraction of sp³-hybridized carbons (Fsp3) is 0.500. The number of aliphatic hydroxyl groups is 1. The Kier molecular flexibility index (Phi) is 3.03. The number of piperidine rings is 1. The molecule has 4 heteroatoms. The number of hydrogen-bond acceptors (Lipinski definition) is 4. The maximum atomic E-state index is 10.3. The smallest absolute Gasteiger partial charge is 0.157 e. The van der Waals surface area contributed by atoms with E-state index in [-0.39, 0.29) is 11.5 Å². The summed E-state index contributed by atoms with van der Waals surface area (Å²) >= 11 is 0. The van der Waals surface area contributed by atoms with Gasteiger partial charge >= 0.3 is 0 Å². The molecule has 1 aliphatic heterocycles. The molecule has 1 aliphatic rings. The topological polar surface area (TPSA) is 72.7 Å². The van der Waals surface area contributed by atoms with E-state index >= 15 is 0 Å². The first-order chi connectivity index (χ1) is 7.59. The molecule has 4 nitrogen and oxygen atoms in total. The highest BCUT2D eigenvalue weighted by Gasteiger charge is 2.29. The number of β-amino-alcohol motifs (C(OH)–C–C–N with tert-alkyl or cyclic N) is 1. The quantitative estimate of drug-likeness (QED) is 0.558. The van der Waals surface area contributed by atoms with E-state index in [1.165, 1.54) is 12.1 Å². The lowest BCUT2D eigenvalue weighted by molar-refractivity contribution is 0.0169. The van der Waals surface area contributed by atoms with E-state index in [4.69, 9.17) is 0 Å². The average molecular weight is 223 g/mol. The van der Waals surface area contributed by atoms with Gasteiger partial charge in [-0.15, -0.1) is 0 Å². The number of rotatable bonds is 2. The summed E-state index contributed by atoms with van der Waals surface area (Å²) in [5.41, 5.74) is 0.100. The summed E-state index contributed by atoms with van der Waals surface area (Å²) < 4.78 is 0. The fourth-order valence-corrected chi connectivity index (χ4v) is 2.16. The Morgan fingerprint density at radius 1 is 1.25 bits per heavy atom. The predicted molar refractivity (Wildman–Crippen MR) is 60.5 cm³/mol. The zero-order valence-electron chi connectivity index (χ0n) is 9.11. The van der Waals surface area contributed by atoms with Gasteiger partial charge < -0.3 is 20.6 Å². The standard InChI is InChI=1S/C12H17NO3/c14-10-3-2-9(6-11(10)15)7-12(16)4-1-5-13-8-12/h2-3,6,13-16H,1,4-5,7-8H2. The van der Waals surface area contributed by atoms with Crippen molar-refractivity contribution in [2.45, 2.75) is 24.9 Å². The Bertz CT molecular complexity index is 373. The van der Waals surface area contributed by atoms with E-state index in [1.54, 1.807) is 6.07 Å². The molecule has 1 aromatic carbocycles. The van der Waals surface area contributed by atoms with Gasteiger partial charge in [-0.2, -0.15) is 0 Å². The van der Waals surface area contributed by atoms with Crippen LogP contribution in [-0.2, 0) is 6.42 Å². The predicted octanol–water partition coefficient (Wildman–Crippen LogP) is 0.755. The van der Waals surface area contributed by atoms with Gasteiger partial charge in [-0.1, -0.05) is 6.07 Å². The van der Waals surface area contributed by atoms with Crippen LogP contribution in [0.2, 0.25) is 0 Å². The van der Waals surface area contributed by atoms with Crippen LogP contribution < -0.4 is 5.32 Å². The first-order valence-corrected chi connectivity index (χ1v) is 5.53. The lowest BCUT2D eigenvalue weighted by Gasteiger charge is -2.32. The van der Waals surface area contributed by atoms with Crippen LogP contribution in [0.25, 0.3) is 0 Å². The highest BCUT2D eigenvalue weighted by molar-refractivity contribution is 5.40. The minimum Gasteiger partial charge on any atom is -0.504 e. The number of phenols is 2. The van der Waals surface area contributed by atoms with E-state index in [0.717, 1.165) is 24.9 Å². The molecule has 1 aromatic rings. The summed E-state index contributed by atoms with van der Waals surface area (Å²) in [6.07, 6.45) is 2.22. The SMILES string of the molecule is Oc1ccc(CC2(O)CCCNC2)cc1O. The summed E-state index contributed by atoms with van der Waals surface area (Å²) in [5.74, 6) is -0.262. The maximum Gasteiger partial charge on any atom is 0.157 e. The Labute approximate surface area is 94.5 Å². The molecule has 4 N–H and O–H groups in total. The average Bonchev–Trinajstić information content (AvgIpc) is 2.24. The molecule has 88 valence electrons. The van der Waals surface area contributed by atoms with Crippen LogP contribution in [0.1, 0.15) is 18.4 Å². The third kappa shape index (κ3) is 2.46. The van der Waals surface area contributed by atoms with Gasteiger partial charge in [0.25, 0.3) is 0 Å². The number of phenolic OH excluding ortho intramolecular Hbond substituents is 2. The van der Waals surface area contributed by atoms with Crippen molar-refractivity contribution in [3.05, 3.63) is 23.8 Å². The molecule has 0 aliphatic carbocycles. The minimum atomic E-state index is -0.734. The zero-order valence-corrected chi connectivity index (χ0v) is 9.11. The van der Waals surface area contributed by atoms with Gasteiger partial charge in [-0.3, -0.25) is 0 Å². The van der Waals surface area contributed by atoms with Crippen LogP contribution in [0.15, 0.2) is 18.2 Å². The third-order valence-electron chi connectivity index (χ3n) is 3.02. The van der Waals surface area contributed by atoms with Crippen LogP contribution in [0.4, 0.5) is 0 Å². The van der Waals surface area contributed by atoms with Crippen molar-refractivity contribution in [3.63, 3.8) is 0 Å². The molecule has 0 spiro atoms. The molecular formula is C12H17NO3. The molecule has 0 radical (unpaired) electrons. The molecule has 0 bridgehead atoms. The van der Waals surface area contributed by atoms with Crippen molar-refractivity contribution >= 4 is 0 Å². The van der Waals surface area contributed by atoms with E-state index in [0.29, 0.717) is 13.0 Å². The Hall–Kier alpha value is -1.26. The Morgan fingerprint density at radius 3 is 2.69 bits per heavy atom. The summed E-state index contributed by atoms with van der Waals surface area (Å²) in [4.78, 5) is 0. The Morgan fingerprint density at radius 2 is 2.06 bits per heavy atom. The summed E-state index contributed by atoms with van der Waals surface area (Å²) in [6, 6.07) is 4.67. The van der Waals surface area contributed by atoms with Gasteiger partial charge in [0.2, 0.25) is 0 Å². The van der Waals surface area contributed by atoms with Crippen LogP contribution in [0, 0.1) is 0 Å². The van der Waals surface area contributed by atoms with Crippen LogP contribution >= 0.6 is 0 Å². The Balaban J connectivity index is 2.10. The maximum absolute atomic E-state index is 10.3. The van der Waals surface area contributed by atoms with Gasteiger partial charge in [-0.05, 0) is 37.1 Å². The second kappa shape index (κ2) is 4.31. The van der Waals surface area contributed by atoms with Gasteiger partial charge in [0.1, 0.15) is 0 Å². The molecular weight excluding hydrogens is 206 g/mol. The first kappa shape index (κ1) is 11.2. The first-order valence-electron chi connectivity index (χ1n) is 5.53. The molecule has 1 heterocycles. The molecule has 2 rings (SSSR count). The van der Waals surface area contributed by atoms with Gasteiger partial charge in [0, 0.05) is 13.0 Å². The van der Waals surface area contributed by atoms with E-state index in [2.05, 4.69) is 5.32 Å². The zero-order chi connectivity index (χ0) is 11.6. The molecule has 0 saturated carbocycles. The van der Waals surface area contributed by atoms with Crippen LogP contribution in [0.5, 0.6) is 11.5 Å². The molecule has 1 saturated heterocycles. The number of benzene rings is 1. The van der Waals surface area contributed by atoms with Crippen molar-refractivity contribution in [2.75, 3.05) is 13.1 Å². The number of nitrogens with one attached hydrogen (secondary N) is 1. The molecule has 0 amide bonds.